The molecule has 0 aromatic heterocycles. The van der Waals surface area contributed by atoms with E-state index in [1.165, 1.54) is 0 Å². The first kappa shape index (κ1) is 12.8. The van der Waals surface area contributed by atoms with E-state index in [0.717, 1.165) is 28.5 Å². The van der Waals surface area contributed by atoms with Gasteiger partial charge in [-0.05, 0) is 36.4 Å². The maximum Gasteiger partial charge on any atom is 0.150 e. The normalized spacial score (nSPS) is 19.7. The molecule has 2 heterocycles. The average molecular weight is 299 g/mol. The van der Waals surface area contributed by atoms with E-state index in [1.807, 2.05) is 36.4 Å². The Hall–Kier alpha value is -1.94. The lowest BCUT2D eigenvalue weighted by molar-refractivity contribution is 0.484. The van der Waals surface area contributed by atoms with E-state index in [9.17, 15) is 4.39 Å². The summed E-state index contributed by atoms with van der Waals surface area (Å²) in [6, 6.07) is 13.3. The van der Waals surface area contributed by atoms with Crippen LogP contribution in [-0.2, 0) is 6.54 Å². The highest BCUT2D eigenvalue weighted by Gasteiger charge is 2.21. The lowest BCUT2D eigenvalue weighted by atomic mass is 10.1. The van der Waals surface area contributed by atoms with Gasteiger partial charge in [-0.2, -0.15) is 11.8 Å². The Balaban J connectivity index is 1.67. The van der Waals surface area contributed by atoms with Crippen LogP contribution in [0.4, 0.5) is 10.1 Å². The van der Waals surface area contributed by atoms with Crippen molar-refractivity contribution < 1.29 is 9.13 Å². The molecular formula is C17H14FNOS. The highest BCUT2D eigenvalue weighted by molar-refractivity contribution is 8.07. The predicted molar refractivity (Wildman–Crippen MR) is 85.6 cm³/mol. The van der Waals surface area contributed by atoms with Crippen LogP contribution in [0.25, 0.3) is 5.83 Å². The van der Waals surface area contributed by atoms with Crippen LogP contribution in [-0.4, -0.2) is 11.0 Å². The highest BCUT2D eigenvalue weighted by atomic mass is 32.2. The summed E-state index contributed by atoms with van der Waals surface area (Å²) in [6.07, 6.45) is 1.70. The van der Waals surface area contributed by atoms with E-state index in [0.29, 0.717) is 17.4 Å². The zero-order valence-corrected chi connectivity index (χ0v) is 12.1. The number of halogens is 1. The van der Waals surface area contributed by atoms with Crippen LogP contribution in [0, 0.1) is 0 Å². The van der Waals surface area contributed by atoms with Gasteiger partial charge in [0.15, 0.2) is 5.75 Å². The molecule has 0 radical (unpaired) electrons. The number of ether oxygens (including phenoxy) is 1. The molecule has 1 unspecified atom stereocenters. The third kappa shape index (κ3) is 2.63. The summed E-state index contributed by atoms with van der Waals surface area (Å²) in [7, 11) is 0. The minimum Gasteiger partial charge on any atom is -0.455 e. The van der Waals surface area contributed by atoms with E-state index in [4.69, 9.17) is 4.74 Å². The van der Waals surface area contributed by atoms with Crippen molar-refractivity contribution in [2.75, 3.05) is 11.1 Å². The average Bonchev–Trinajstić information content (AvgIpc) is 3.32. The molecule has 21 heavy (non-hydrogen) atoms. The van der Waals surface area contributed by atoms with Crippen molar-refractivity contribution in [2.45, 2.75) is 11.8 Å². The van der Waals surface area contributed by atoms with Crippen LogP contribution >= 0.6 is 11.8 Å². The van der Waals surface area contributed by atoms with Gasteiger partial charge in [0.05, 0.1) is 5.69 Å². The SMILES string of the molecule is F/C(=C\C1CS1)c1ccc2c(c1)CNc1ccccc1O2. The van der Waals surface area contributed by atoms with Crippen molar-refractivity contribution in [3.8, 4) is 11.5 Å². The molecule has 1 saturated heterocycles. The number of anilines is 1. The van der Waals surface area contributed by atoms with Crippen molar-refractivity contribution in [1.82, 2.24) is 0 Å². The Bertz CT molecular complexity index is 724. The predicted octanol–water partition coefficient (Wildman–Crippen LogP) is 4.83. The van der Waals surface area contributed by atoms with E-state index < -0.39 is 0 Å². The van der Waals surface area contributed by atoms with Crippen LogP contribution < -0.4 is 10.1 Å². The van der Waals surface area contributed by atoms with E-state index in [1.54, 1.807) is 23.9 Å². The second-order valence-corrected chi connectivity index (χ2v) is 6.43. The van der Waals surface area contributed by atoms with Crippen molar-refractivity contribution in [2.24, 2.45) is 0 Å². The van der Waals surface area contributed by atoms with Gasteiger partial charge in [-0.25, -0.2) is 4.39 Å². The zero-order valence-electron chi connectivity index (χ0n) is 11.3. The lowest BCUT2D eigenvalue weighted by Crippen LogP contribution is -1.97. The van der Waals surface area contributed by atoms with Gasteiger partial charge in [0.25, 0.3) is 0 Å². The number of rotatable bonds is 2. The molecule has 0 amide bonds. The largest absolute Gasteiger partial charge is 0.455 e. The number of hydrogen-bond acceptors (Lipinski definition) is 3. The Labute approximate surface area is 127 Å². The van der Waals surface area contributed by atoms with Crippen LogP contribution in [0.15, 0.2) is 48.5 Å². The maximum absolute atomic E-state index is 14.1. The Morgan fingerprint density at radius 1 is 1.24 bits per heavy atom. The van der Waals surface area contributed by atoms with Gasteiger partial charge in [0.2, 0.25) is 0 Å². The smallest absolute Gasteiger partial charge is 0.150 e. The van der Waals surface area contributed by atoms with E-state index >= 15 is 0 Å². The molecular weight excluding hydrogens is 285 g/mol. The minimum absolute atomic E-state index is 0.144. The third-order valence-corrected chi connectivity index (χ3v) is 4.46. The third-order valence-electron chi connectivity index (χ3n) is 3.60. The van der Waals surface area contributed by atoms with Crippen molar-refractivity contribution >= 4 is 23.3 Å². The highest BCUT2D eigenvalue weighted by Crippen LogP contribution is 2.38. The monoisotopic (exact) mass is 299 g/mol. The van der Waals surface area contributed by atoms with Gasteiger partial charge in [-0.3, -0.25) is 0 Å². The summed E-state index contributed by atoms with van der Waals surface area (Å²) < 4.78 is 20.1. The molecule has 0 aliphatic carbocycles. The summed E-state index contributed by atoms with van der Waals surface area (Å²) in [5.74, 6) is 2.46. The Kier molecular flexibility index (Phi) is 3.11. The van der Waals surface area contributed by atoms with Crippen molar-refractivity contribution in [1.29, 1.82) is 0 Å². The van der Waals surface area contributed by atoms with E-state index in [2.05, 4.69) is 5.32 Å². The van der Waals surface area contributed by atoms with Gasteiger partial charge >= 0.3 is 0 Å². The van der Waals surface area contributed by atoms with Crippen LogP contribution in [0.1, 0.15) is 11.1 Å². The van der Waals surface area contributed by atoms with Gasteiger partial charge in [-0.15, -0.1) is 0 Å². The summed E-state index contributed by atoms with van der Waals surface area (Å²) in [5.41, 5.74) is 2.55. The number of benzene rings is 2. The fourth-order valence-electron chi connectivity index (χ4n) is 2.39. The first-order valence-electron chi connectivity index (χ1n) is 6.92. The molecule has 2 nitrogen and oxygen atoms in total. The summed E-state index contributed by atoms with van der Waals surface area (Å²) >= 11 is 1.76. The molecule has 2 aromatic carbocycles. The topological polar surface area (TPSA) is 21.3 Å². The molecule has 106 valence electrons. The molecule has 2 aliphatic rings. The van der Waals surface area contributed by atoms with Crippen LogP contribution in [0.2, 0.25) is 0 Å². The maximum atomic E-state index is 14.1. The second kappa shape index (κ2) is 5.11. The first-order valence-corrected chi connectivity index (χ1v) is 7.97. The molecule has 2 aliphatic heterocycles. The van der Waals surface area contributed by atoms with Gasteiger partial charge in [-0.1, -0.05) is 12.1 Å². The zero-order chi connectivity index (χ0) is 14.2. The molecule has 1 N–H and O–H groups in total. The van der Waals surface area contributed by atoms with Gasteiger partial charge < -0.3 is 10.1 Å². The van der Waals surface area contributed by atoms with Crippen LogP contribution in [0.5, 0.6) is 11.5 Å². The number of nitrogens with one attached hydrogen (secondary N) is 1. The molecule has 1 atom stereocenters. The minimum atomic E-state index is -0.144. The fraction of sp³-hybridized carbons (Fsp3) is 0.176. The number of para-hydroxylation sites is 2. The van der Waals surface area contributed by atoms with Gasteiger partial charge in [0, 0.05) is 28.7 Å². The molecule has 0 bridgehead atoms. The van der Waals surface area contributed by atoms with E-state index in [-0.39, 0.29) is 5.83 Å². The standard InChI is InChI=1S/C17H14FNOS/c18-14(8-13-10-21-13)11-5-6-16-12(7-11)9-19-15-3-1-2-4-17(15)20-16/h1-8,13,19H,9-10H2/b14-8-. The Morgan fingerprint density at radius 2 is 2.10 bits per heavy atom. The first-order chi connectivity index (χ1) is 10.3. The summed E-state index contributed by atoms with van der Waals surface area (Å²) in [4.78, 5) is 0. The van der Waals surface area contributed by atoms with Crippen molar-refractivity contribution in [3.63, 3.8) is 0 Å². The molecule has 4 rings (SSSR count). The molecule has 0 saturated carbocycles. The molecule has 0 spiro atoms. The van der Waals surface area contributed by atoms with Gasteiger partial charge in [0.1, 0.15) is 11.6 Å². The second-order valence-electron chi connectivity index (χ2n) is 5.16. The number of hydrogen-bond donors (Lipinski definition) is 1. The molecule has 2 aromatic rings. The van der Waals surface area contributed by atoms with Crippen LogP contribution in [0.3, 0.4) is 0 Å². The Morgan fingerprint density at radius 3 is 2.95 bits per heavy atom. The summed E-state index contributed by atoms with van der Waals surface area (Å²) in [5, 5.41) is 3.68. The summed E-state index contributed by atoms with van der Waals surface area (Å²) in [6.45, 7) is 0.631. The number of fused-ring (bicyclic) bond motifs is 2. The molecule has 1 fully saturated rings. The molecule has 4 heteroatoms. The quantitative estimate of drug-likeness (QED) is 0.802. The lowest BCUT2D eigenvalue weighted by Gasteiger charge is -2.08. The van der Waals surface area contributed by atoms with Crippen molar-refractivity contribution in [3.05, 3.63) is 59.7 Å². The fourth-order valence-corrected chi connectivity index (χ4v) is 2.81. The number of thioether (sulfide) groups is 1.